The summed E-state index contributed by atoms with van der Waals surface area (Å²) < 4.78 is 1.73. The molecule has 3 aromatic heterocycles. The van der Waals surface area contributed by atoms with E-state index in [1.807, 2.05) is 12.3 Å². The highest BCUT2D eigenvalue weighted by atomic mass is 16.3. The highest BCUT2D eigenvalue weighted by Gasteiger charge is 2.28. The maximum Gasteiger partial charge on any atom is 0.263 e. The van der Waals surface area contributed by atoms with Crippen LogP contribution < -0.4 is 15.8 Å². The molecule has 1 aliphatic carbocycles. The lowest BCUT2D eigenvalue weighted by atomic mass is 10.0. The molecule has 11 nitrogen and oxygen atoms in total. The van der Waals surface area contributed by atoms with Crippen molar-refractivity contribution < 1.29 is 9.90 Å². The Labute approximate surface area is 246 Å². The van der Waals surface area contributed by atoms with Crippen LogP contribution in [0.5, 0.6) is 0 Å². The molecule has 3 aromatic rings. The number of aliphatic hydroxyl groups is 1. The summed E-state index contributed by atoms with van der Waals surface area (Å²) >= 11 is 0. The first-order chi connectivity index (χ1) is 20.4. The summed E-state index contributed by atoms with van der Waals surface area (Å²) in [6.07, 6.45) is 9.89. The number of Topliss-reactive ketones (excluding diaryl/α,β-unsaturated/α-hetero) is 1. The van der Waals surface area contributed by atoms with E-state index in [2.05, 4.69) is 36.1 Å². The van der Waals surface area contributed by atoms with Crippen LogP contribution in [0.15, 0.2) is 29.3 Å². The van der Waals surface area contributed by atoms with Gasteiger partial charge in [-0.05, 0) is 70.3 Å². The van der Waals surface area contributed by atoms with Crippen molar-refractivity contribution in [3.05, 3.63) is 46.0 Å². The van der Waals surface area contributed by atoms with Gasteiger partial charge in [0, 0.05) is 56.4 Å². The first-order valence-corrected chi connectivity index (χ1v) is 15.4. The number of aryl methyl sites for hydroxylation is 1. The second-order valence-corrected chi connectivity index (χ2v) is 11.9. The first kappa shape index (κ1) is 28.7. The van der Waals surface area contributed by atoms with Crippen molar-refractivity contribution in [2.75, 3.05) is 62.6 Å². The van der Waals surface area contributed by atoms with E-state index in [-0.39, 0.29) is 29.6 Å². The Morgan fingerprint density at radius 1 is 0.976 bits per heavy atom. The number of nitrogens with one attached hydrogen (secondary N) is 1. The number of hydrogen-bond acceptors (Lipinski definition) is 10. The first-order valence-electron chi connectivity index (χ1n) is 15.4. The summed E-state index contributed by atoms with van der Waals surface area (Å²) in [5.41, 5.74) is 2.29. The summed E-state index contributed by atoms with van der Waals surface area (Å²) in [5, 5.41) is 13.1. The number of aliphatic hydroxyl groups excluding tert-OH is 1. The third kappa shape index (κ3) is 5.77. The van der Waals surface area contributed by atoms with Crippen LogP contribution in [0.2, 0.25) is 0 Å². The van der Waals surface area contributed by atoms with Crippen LogP contribution in [0.4, 0.5) is 17.5 Å². The molecule has 0 aromatic carbocycles. The van der Waals surface area contributed by atoms with Crippen molar-refractivity contribution in [1.29, 1.82) is 0 Å². The lowest BCUT2D eigenvalue weighted by Gasteiger charge is -2.43. The molecule has 0 amide bonds. The minimum Gasteiger partial charge on any atom is -0.395 e. The molecular formula is C31H42N8O3. The maximum atomic E-state index is 13.5. The topological polar surface area (TPSA) is 120 Å². The molecule has 11 heteroatoms. The van der Waals surface area contributed by atoms with E-state index in [1.165, 1.54) is 19.8 Å². The van der Waals surface area contributed by atoms with Gasteiger partial charge >= 0.3 is 0 Å². The Morgan fingerprint density at radius 3 is 2.36 bits per heavy atom. The zero-order valence-corrected chi connectivity index (χ0v) is 24.8. The number of fused-ring (bicyclic) bond motifs is 1. The van der Waals surface area contributed by atoms with E-state index in [0.29, 0.717) is 29.0 Å². The Kier molecular flexibility index (Phi) is 8.50. The molecule has 2 saturated heterocycles. The smallest absolute Gasteiger partial charge is 0.263 e. The maximum absolute atomic E-state index is 13.5. The summed E-state index contributed by atoms with van der Waals surface area (Å²) in [7, 11) is 0. The molecule has 2 aliphatic heterocycles. The lowest BCUT2D eigenvalue weighted by Crippen LogP contribution is -2.53. The molecule has 224 valence electrons. The number of carbonyl (C=O) groups excluding carboxylic acids is 1. The molecule has 1 saturated carbocycles. The van der Waals surface area contributed by atoms with E-state index in [1.54, 1.807) is 17.7 Å². The van der Waals surface area contributed by atoms with Crippen molar-refractivity contribution in [2.24, 2.45) is 0 Å². The predicted octanol–water partition coefficient (Wildman–Crippen LogP) is 3.13. The van der Waals surface area contributed by atoms with Crippen molar-refractivity contribution in [1.82, 2.24) is 29.3 Å². The number of aromatic nitrogens is 4. The lowest BCUT2D eigenvalue weighted by molar-refractivity contribution is 0.0924. The fourth-order valence-corrected chi connectivity index (χ4v) is 7.07. The van der Waals surface area contributed by atoms with Crippen LogP contribution in [0.25, 0.3) is 11.0 Å². The van der Waals surface area contributed by atoms with Gasteiger partial charge in [0.05, 0.1) is 24.1 Å². The SMILES string of the molecule is CC(=O)c1c(C)c2cnc(Nc3ccc(N4CCN(C5CCN(CCO)CC5)CC4)cn3)nc2n(C2CCCC2)c1=O. The van der Waals surface area contributed by atoms with Gasteiger partial charge in [-0.2, -0.15) is 4.98 Å². The number of rotatable bonds is 8. The highest BCUT2D eigenvalue weighted by molar-refractivity contribution is 5.99. The third-order valence-electron chi connectivity index (χ3n) is 9.41. The van der Waals surface area contributed by atoms with Gasteiger partial charge in [-0.1, -0.05) is 12.8 Å². The Balaban J connectivity index is 1.14. The van der Waals surface area contributed by atoms with E-state index >= 15 is 0 Å². The molecule has 0 radical (unpaired) electrons. The van der Waals surface area contributed by atoms with E-state index in [0.717, 1.165) is 82.6 Å². The average molecular weight is 575 g/mol. The van der Waals surface area contributed by atoms with Crippen LogP contribution in [-0.2, 0) is 0 Å². The van der Waals surface area contributed by atoms with E-state index in [9.17, 15) is 14.7 Å². The van der Waals surface area contributed by atoms with Crippen molar-refractivity contribution in [3.63, 3.8) is 0 Å². The number of likely N-dealkylation sites (tertiary alicyclic amines) is 1. The second kappa shape index (κ2) is 12.4. The Bertz CT molecular complexity index is 1470. The number of carbonyl (C=O) groups is 1. The van der Waals surface area contributed by atoms with Crippen LogP contribution >= 0.6 is 0 Å². The average Bonchev–Trinajstić information content (AvgIpc) is 3.53. The van der Waals surface area contributed by atoms with Crippen LogP contribution in [0, 0.1) is 6.92 Å². The number of pyridine rings is 2. The molecule has 0 atom stereocenters. The number of nitrogens with zero attached hydrogens (tertiary/aromatic N) is 7. The molecule has 42 heavy (non-hydrogen) atoms. The molecule has 5 heterocycles. The van der Waals surface area contributed by atoms with Crippen LogP contribution in [0.3, 0.4) is 0 Å². The number of piperazine rings is 1. The van der Waals surface area contributed by atoms with Gasteiger partial charge in [0.2, 0.25) is 5.95 Å². The summed E-state index contributed by atoms with van der Waals surface area (Å²) in [5.74, 6) is 0.791. The fourth-order valence-electron chi connectivity index (χ4n) is 7.07. The van der Waals surface area contributed by atoms with Crippen molar-refractivity contribution in [3.8, 4) is 0 Å². The number of ketones is 1. The Hall–Kier alpha value is -3.41. The van der Waals surface area contributed by atoms with Crippen LogP contribution in [0.1, 0.15) is 67.4 Å². The van der Waals surface area contributed by atoms with Gasteiger partial charge in [-0.15, -0.1) is 0 Å². The molecule has 0 spiro atoms. The number of piperidine rings is 1. The van der Waals surface area contributed by atoms with Gasteiger partial charge < -0.3 is 20.2 Å². The normalized spacial score (nSPS) is 19.5. The zero-order valence-electron chi connectivity index (χ0n) is 24.8. The minimum atomic E-state index is -0.251. The predicted molar refractivity (Wildman–Crippen MR) is 164 cm³/mol. The van der Waals surface area contributed by atoms with Gasteiger partial charge in [0.15, 0.2) is 5.78 Å². The highest BCUT2D eigenvalue weighted by Crippen LogP contribution is 2.32. The molecule has 6 rings (SSSR count). The number of hydrogen-bond donors (Lipinski definition) is 2. The molecular weight excluding hydrogens is 532 g/mol. The second-order valence-electron chi connectivity index (χ2n) is 11.9. The third-order valence-corrected chi connectivity index (χ3v) is 9.41. The van der Waals surface area contributed by atoms with Gasteiger partial charge in [0.25, 0.3) is 5.56 Å². The van der Waals surface area contributed by atoms with E-state index in [4.69, 9.17) is 4.98 Å². The summed E-state index contributed by atoms with van der Waals surface area (Å²) in [6.45, 7) is 10.5. The molecule has 3 fully saturated rings. The monoisotopic (exact) mass is 574 g/mol. The largest absolute Gasteiger partial charge is 0.395 e. The quantitative estimate of drug-likeness (QED) is 0.388. The van der Waals surface area contributed by atoms with Crippen molar-refractivity contribution >= 4 is 34.3 Å². The fraction of sp³-hybridized carbons (Fsp3) is 0.581. The Morgan fingerprint density at radius 2 is 1.71 bits per heavy atom. The number of β-amino-alcohol motifs (C(OH)–C–C–N with tert-alkyl or cyclic N) is 1. The van der Waals surface area contributed by atoms with Gasteiger partial charge in [-0.3, -0.25) is 19.1 Å². The minimum absolute atomic E-state index is 0.0402. The van der Waals surface area contributed by atoms with E-state index < -0.39 is 0 Å². The molecule has 3 aliphatic rings. The molecule has 0 bridgehead atoms. The summed E-state index contributed by atoms with van der Waals surface area (Å²) in [6, 6.07) is 4.70. The zero-order chi connectivity index (χ0) is 29.2. The van der Waals surface area contributed by atoms with Gasteiger partial charge in [-0.25, -0.2) is 9.97 Å². The summed E-state index contributed by atoms with van der Waals surface area (Å²) in [4.78, 5) is 47.2. The molecule has 0 unspecified atom stereocenters. The van der Waals surface area contributed by atoms with Crippen molar-refractivity contribution in [2.45, 2.75) is 64.5 Å². The molecule has 2 N–H and O–H groups in total. The van der Waals surface area contributed by atoms with Crippen LogP contribution in [-0.4, -0.2) is 98.7 Å². The van der Waals surface area contributed by atoms with Gasteiger partial charge in [0.1, 0.15) is 11.5 Å². The number of anilines is 3. The standard InChI is InChI=1S/C31H42N8O3/c1-21-26-20-33-31(35-29(26)39(24-5-3-4-6-24)30(42)28(21)22(2)41)34-27-8-7-25(19-32-27)38-15-13-37(14-16-38)23-9-11-36(12-10-23)17-18-40/h7-8,19-20,23-24,40H,3-6,9-18H2,1-2H3,(H,32,33,34,35).